The summed E-state index contributed by atoms with van der Waals surface area (Å²) in [7, 11) is 0. The molecule has 0 heterocycles. The van der Waals surface area contributed by atoms with Crippen LogP contribution in [0.4, 0.5) is 8.78 Å². The molecular formula is C41H42F2. The number of rotatable bonds is 12. The summed E-state index contributed by atoms with van der Waals surface area (Å²) in [6, 6.07) is 33.8. The van der Waals surface area contributed by atoms with E-state index in [1.165, 1.54) is 72.1 Å². The Morgan fingerprint density at radius 1 is 0.442 bits per heavy atom. The summed E-state index contributed by atoms with van der Waals surface area (Å²) in [5.74, 6) is -1.10. The predicted molar refractivity (Wildman–Crippen MR) is 179 cm³/mol. The summed E-state index contributed by atoms with van der Waals surface area (Å²) < 4.78 is 30.6. The van der Waals surface area contributed by atoms with Crippen molar-refractivity contribution in [2.75, 3.05) is 0 Å². The Morgan fingerprint density at radius 3 is 1.40 bits per heavy atom. The van der Waals surface area contributed by atoms with Gasteiger partial charge in [-0.05, 0) is 100 Å². The zero-order valence-electron chi connectivity index (χ0n) is 25.7. The predicted octanol–water partition coefficient (Wildman–Crippen LogP) is 12.4. The fraction of sp³-hybridized carbons (Fsp3) is 0.268. The molecule has 0 aliphatic carbocycles. The van der Waals surface area contributed by atoms with Crippen molar-refractivity contribution in [2.45, 2.75) is 72.1 Å². The zero-order valence-corrected chi connectivity index (χ0v) is 25.7. The van der Waals surface area contributed by atoms with Crippen LogP contribution in [0.5, 0.6) is 0 Å². The Hall–Kier alpha value is -4.04. The van der Waals surface area contributed by atoms with Gasteiger partial charge >= 0.3 is 0 Å². The van der Waals surface area contributed by atoms with Gasteiger partial charge in [0, 0.05) is 0 Å². The maximum atomic E-state index is 15.3. The first-order valence-electron chi connectivity index (χ1n) is 15.9. The van der Waals surface area contributed by atoms with Crippen LogP contribution >= 0.6 is 0 Å². The highest BCUT2D eigenvalue weighted by Gasteiger charge is 2.15. The molecule has 0 saturated heterocycles. The number of hydrogen-bond donors (Lipinski definition) is 0. The molecule has 0 saturated carbocycles. The Labute approximate surface area is 256 Å². The lowest BCUT2D eigenvalue weighted by Gasteiger charge is -2.12. The Balaban J connectivity index is 1.30. The number of hydrogen-bond acceptors (Lipinski definition) is 0. The van der Waals surface area contributed by atoms with E-state index in [4.69, 9.17) is 0 Å². The van der Waals surface area contributed by atoms with Crippen molar-refractivity contribution in [2.24, 2.45) is 0 Å². The third kappa shape index (κ3) is 7.49. The monoisotopic (exact) mass is 572 g/mol. The van der Waals surface area contributed by atoms with Crippen molar-refractivity contribution in [1.82, 2.24) is 0 Å². The minimum absolute atomic E-state index is 0.0103. The summed E-state index contributed by atoms with van der Waals surface area (Å²) in [4.78, 5) is 0. The molecule has 5 aromatic carbocycles. The number of aryl methyl sites for hydroxylation is 3. The molecule has 5 rings (SSSR count). The van der Waals surface area contributed by atoms with Crippen LogP contribution in [0.15, 0.2) is 103 Å². The lowest BCUT2D eigenvalue weighted by molar-refractivity contribution is 0.590. The van der Waals surface area contributed by atoms with E-state index in [0.29, 0.717) is 11.1 Å². The van der Waals surface area contributed by atoms with Crippen molar-refractivity contribution in [3.05, 3.63) is 131 Å². The smallest absolute Gasteiger partial charge is 0.134 e. The van der Waals surface area contributed by atoms with E-state index in [0.717, 1.165) is 36.0 Å². The Kier molecular flexibility index (Phi) is 10.2. The summed E-state index contributed by atoms with van der Waals surface area (Å²) >= 11 is 0. The highest BCUT2D eigenvalue weighted by molar-refractivity contribution is 5.77. The van der Waals surface area contributed by atoms with Gasteiger partial charge < -0.3 is 0 Å². The second-order valence-electron chi connectivity index (χ2n) is 11.7. The third-order valence-electron chi connectivity index (χ3n) is 8.47. The van der Waals surface area contributed by atoms with E-state index in [9.17, 15) is 0 Å². The molecular weight excluding hydrogens is 530 g/mol. The SMILES string of the molecule is CCCCCc1ccc(-c2cc(F)c(-c3ccc(-c4ccc(-c5ccc(CCCCC)cc5)c(C)c4)cc3)c(F)c2)cc1. The Morgan fingerprint density at radius 2 is 0.884 bits per heavy atom. The lowest BCUT2D eigenvalue weighted by atomic mass is 9.93. The molecule has 0 radical (unpaired) electrons. The van der Waals surface area contributed by atoms with Crippen LogP contribution in [0.1, 0.15) is 69.1 Å². The first kappa shape index (κ1) is 30.4. The number of unbranched alkanes of at least 4 members (excludes halogenated alkanes) is 4. The van der Waals surface area contributed by atoms with Crippen molar-refractivity contribution in [3.63, 3.8) is 0 Å². The van der Waals surface area contributed by atoms with Gasteiger partial charge in [-0.2, -0.15) is 0 Å². The average molecular weight is 573 g/mol. The molecule has 0 aliphatic heterocycles. The van der Waals surface area contributed by atoms with Crippen molar-refractivity contribution < 1.29 is 8.78 Å². The van der Waals surface area contributed by atoms with Crippen LogP contribution in [0, 0.1) is 18.6 Å². The first-order chi connectivity index (χ1) is 21.0. The first-order valence-corrected chi connectivity index (χ1v) is 15.9. The molecule has 0 aromatic heterocycles. The van der Waals surface area contributed by atoms with Crippen molar-refractivity contribution >= 4 is 0 Å². The van der Waals surface area contributed by atoms with E-state index >= 15 is 8.78 Å². The van der Waals surface area contributed by atoms with Crippen LogP contribution in [0.25, 0.3) is 44.5 Å². The van der Waals surface area contributed by atoms with Gasteiger partial charge in [-0.15, -0.1) is 0 Å². The summed E-state index contributed by atoms with van der Waals surface area (Å²) in [6.45, 7) is 6.56. The number of benzene rings is 5. The minimum Gasteiger partial charge on any atom is -0.206 e. The highest BCUT2D eigenvalue weighted by Crippen LogP contribution is 2.34. The van der Waals surface area contributed by atoms with Crippen LogP contribution < -0.4 is 0 Å². The largest absolute Gasteiger partial charge is 0.206 e. The molecule has 0 N–H and O–H groups in total. The van der Waals surface area contributed by atoms with Crippen LogP contribution in [-0.4, -0.2) is 0 Å². The average Bonchev–Trinajstić information content (AvgIpc) is 3.02. The van der Waals surface area contributed by atoms with E-state index < -0.39 is 11.6 Å². The summed E-state index contributed by atoms with van der Waals surface area (Å²) in [5, 5.41) is 0. The normalized spacial score (nSPS) is 11.2. The molecule has 0 aliphatic rings. The van der Waals surface area contributed by atoms with Crippen molar-refractivity contribution in [3.8, 4) is 44.5 Å². The zero-order chi connectivity index (χ0) is 30.2. The van der Waals surface area contributed by atoms with E-state index in [1.54, 1.807) is 0 Å². The fourth-order valence-corrected chi connectivity index (χ4v) is 5.89. The summed E-state index contributed by atoms with van der Waals surface area (Å²) in [6.07, 6.45) is 9.46. The lowest BCUT2D eigenvalue weighted by Crippen LogP contribution is -1.93. The van der Waals surface area contributed by atoms with Gasteiger partial charge in [-0.25, -0.2) is 8.78 Å². The molecule has 0 amide bonds. The molecule has 0 spiro atoms. The van der Waals surface area contributed by atoms with Crippen molar-refractivity contribution in [1.29, 1.82) is 0 Å². The highest BCUT2D eigenvalue weighted by atomic mass is 19.1. The van der Waals surface area contributed by atoms with Crippen LogP contribution in [-0.2, 0) is 12.8 Å². The maximum absolute atomic E-state index is 15.3. The third-order valence-corrected chi connectivity index (χ3v) is 8.47. The molecule has 220 valence electrons. The molecule has 2 heteroatoms. The second kappa shape index (κ2) is 14.4. The van der Waals surface area contributed by atoms with Gasteiger partial charge in [0.1, 0.15) is 11.6 Å². The summed E-state index contributed by atoms with van der Waals surface area (Å²) in [5.41, 5.74) is 10.3. The van der Waals surface area contributed by atoms with Gasteiger partial charge in [-0.1, -0.05) is 131 Å². The van der Waals surface area contributed by atoms with E-state index in [2.05, 4.69) is 75.4 Å². The standard InChI is InChI=1S/C41H42F2/c1-4-6-8-10-30-12-16-33(17-13-30)37-27-39(42)41(40(43)28-37)35-22-20-32(21-23-35)36-24-25-38(29(3)26-36)34-18-14-31(15-19-34)11-9-7-5-2/h12-28H,4-11H2,1-3H3. The topological polar surface area (TPSA) is 0 Å². The van der Waals surface area contributed by atoms with E-state index in [-0.39, 0.29) is 5.56 Å². The molecule has 0 unspecified atom stereocenters. The van der Waals surface area contributed by atoms with Crippen LogP contribution in [0.2, 0.25) is 0 Å². The minimum atomic E-state index is -0.550. The van der Waals surface area contributed by atoms with Gasteiger partial charge in [0.15, 0.2) is 0 Å². The van der Waals surface area contributed by atoms with E-state index in [1.807, 2.05) is 36.4 Å². The quantitative estimate of drug-likeness (QED) is 0.130. The maximum Gasteiger partial charge on any atom is 0.134 e. The van der Waals surface area contributed by atoms with Gasteiger partial charge in [-0.3, -0.25) is 0 Å². The molecule has 0 fully saturated rings. The Bertz CT molecular complexity index is 1600. The molecule has 43 heavy (non-hydrogen) atoms. The molecule has 0 atom stereocenters. The second-order valence-corrected chi connectivity index (χ2v) is 11.7. The number of halogens is 2. The van der Waals surface area contributed by atoms with Gasteiger partial charge in [0.2, 0.25) is 0 Å². The van der Waals surface area contributed by atoms with Gasteiger partial charge in [0.05, 0.1) is 5.56 Å². The molecule has 0 bridgehead atoms. The molecule has 5 aromatic rings. The van der Waals surface area contributed by atoms with Gasteiger partial charge in [0.25, 0.3) is 0 Å². The molecule has 0 nitrogen and oxygen atoms in total. The fourth-order valence-electron chi connectivity index (χ4n) is 5.89. The van der Waals surface area contributed by atoms with Crippen LogP contribution in [0.3, 0.4) is 0 Å².